The van der Waals surface area contributed by atoms with Gasteiger partial charge in [0.1, 0.15) is 0 Å². The minimum absolute atomic E-state index is 0.0377. The molecule has 0 saturated carbocycles. The van der Waals surface area contributed by atoms with Crippen LogP contribution in [0.25, 0.3) is 21.8 Å². The fourth-order valence-electron chi connectivity index (χ4n) is 4.72. The van der Waals surface area contributed by atoms with Crippen LogP contribution in [0.2, 0.25) is 0 Å². The lowest BCUT2D eigenvalue weighted by atomic mass is 9.99. The number of nitro groups is 1. The number of rotatable bonds is 10. The number of oxime groups is 1. The highest BCUT2D eigenvalue weighted by molar-refractivity contribution is 6.12. The van der Waals surface area contributed by atoms with Crippen LogP contribution in [0.15, 0.2) is 41.6 Å². The minimum atomic E-state index is -0.391. The molecule has 0 radical (unpaired) electrons. The van der Waals surface area contributed by atoms with Crippen molar-refractivity contribution < 1.29 is 14.9 Å². The molecule has 0 aliphatic carbocycles. The van der Waals surface area contributed by atoms with Crippen LogP contribution >= 0.6 is 0 Å². The van der Waals surface area contributed by atoms with Gasteiger partial charge in [-0.2, -0.15) is 0 Å². The topological polar surface area (TPSA) is 101 Å². The third-order valence-electron chi connectivity index (χ3n) is 6.32. The van der Waals surface area contributed by atoms with E-state index in [-0.39, 0.29) is 23.6 Å². The molecule has 1 heterocycles. The molecule has 3 aromatic rings. The summed E-state index contributed by atoms with van der Waals surface area (Å²) in [6, 6.07) is 10.6. The van der Waals surface area contributed by atoms with Crippen LogP contribution in [0, 0.1) is 22.0 Å². The molecule has 0 fully saturated rings. The number of nitrogens with zero attached hydrogens (tertiary/aromatic N) is 4. The molecule has 0 aliphatic heterocycles. The van der Waals surface area contributed by atoms with Crippen LogP contribution in [0.1, 0.15) is 59.9 Å². The van der Waals surface area contributed by atoms with E-state index in [1.807, 2.05) is 50.8 Å². The molecule has 8 heteroatoms. The number of hydrogen-bond donors (Lipinski definition) is 1. The Morgan fingerprint density at radius 2 is 1.66 bits per heavy atom. The predicted molar refractivity (Wildman–Crippen MR) is 140 cm³/mol. The number of amides is 1. The van der Waals surface area contributed by atoms with Crippen molar-refractivity contribution in [3.63, 3.8) is 0 Å². The standard InChI is InChI=1S/C27H36N4O4/c1-7-29-25-10-8-20(14-22(25)23-15-21(31(34)35)9-11-26(23)29)24(28-33)13-19(6)30(16-18(4)5)27(32)12-17(2)3/h8-11,14-15,17-19,33H,7,12-13,16H2,1-6H3/b28-24+. The second-order valence-corrected chi connectivity index (χ2v) is 10.1. The first-order chi connectivity index (χ1) is 16.6. The number of nitro benzene ring substituents is 1. The monoisotopic (exact) mass is 480 g/mol. The Labute approximate surface area is 206 Å². The summed E-state index contributed by atoms with van der Waals surface area (Å²) < 4.78 is 2.12. The third kappa shape index (κ3) is 5.63. The number of carbonyl (C=O) groups excluding carboxylic acids is 1. The average molecular weight is 481 g/mol. The highest BCUT2D eigenvalue weighted by Gasteiger charge is 2.24. The van der Waals surface area contributed by atoms with E-state index in [0.717, 1.165) is 33.9 Å². The zero-order valence-corrected chi connectivity index (χ0v) is 21.5. The van der Waals surface area contributed by atoms with Gasteiger partial charge in [0.25, 0.3) is 5.69 Å². The highest BCUT2D eigenvalue weighted by Crippen LogP contribution is 2.33. The summed E-state index contributed by atoms with van der Waals surface area (Å²) in [5.74, 6) is 0.681. The van der Waals surface area contributed by atoms with Gasteiger partial charge >= 0.3 is 0 Å². The summed E-state index contributed by atoms with van der Waals surface area (Å²) >= 11 is 0. The van der Waals surface area contributed by atoms with Crippen molar-refractivity contribution in [3.8, 4) is 0 Å². The first-order valence-electron chi connectivity index (χ1n) is 12.3. The molecule has 1 atom stereocenters. The molecule has 1 amide bonds. The molecule has 8 nitrogen and oxygen atoms in total. The zero-order chi connectivity index (χ0) is 25.9. The van der Waals surface area contributed by atoms with Gasteiger partial charge in [-0.3, -0.25) is 14.9 Å². The second kappa shape index (κ2) is 10.9. The molecular formula is C27H36N4O4. The van der Waals surface area contributed by atoms with E-state index in [1.54, 1.807) is 12.1 Å². The molecule has 35 heavy (non-hydrogen) atoms. The number of hydrogen-bond acceptors (Lipinski definition) is 5. The van der Waals surface area contributed by atoms with Crippen molar-refractivity contribution in [3.05, 3.63) is 52.1 Å². The molecule has 2 aromatic carbocycles. The Hall–Kier alpha value is -3.42. The molecule has 0 spiro atoms. The lowest BCUT2D eigenvalue weighted by Crippen LogP contribution is -2.42. The maximum absolute atomic E-state index is 12.9. The number of aromatic nitrogens is 1. The lowest BCUT2D eigenvalue weighted by molar-refractivity contribution is -0.384. The largest absolute Gasteiger partial charge is 0.411 e. The Balaban J connectivity index is 2.01. The van der Waals surface area contributed by atoms with Gasteiger partial charge in [0.15, 0.2) is 0 Å². The highest BCUT2D eigenvalue weighted by atomic mass is 16.6. The summed E-state index contributed by atoms with van der Waals surface area (Å²) in [6.07, 6.45) is 0.870. The van der Waals surface area contributed by atoms with E-state index < -0.39 is 4.92 Å². The summed E-state index contributed by atoms with van der Waals surface area (Å²) in [5, 5.41) is 26.6. The second-order valence-electron chi connectivity index (χ2n) is 10.1. The summed E-state index contributed by atoms with van der Waals surface area (Å²) in [6.45, 7) is 13.6. The molecule has 1 unspecified atom stereocenters. The first kappa shape index (κ1) is 26.2. The average Bonchev–Trinajstić information content (AvgIpc) is 3.12. The number of carbonyl (C=O) groups is 1. The van der Waals surface area contributed by atoms with E-state index in [2.05, 4.69) is 23.6 Å². The van der Waals surface area contributed by atoms with Gasteiger partial charge in [-0.05, 0) is 43.9 Å². The molecule has 1 aromatic heterocycles. The summed E-state index contributed by atoms with van der Waals surface area (Å²) in [4.78, 5) is 25.8. The number of fused-ring (bicyclic) bond motifs is 3. The SMILES string of the molecule is CCn1c2ccc(/C(CC(C)N(CC(C)C)C(=O)CC(C)C)=N/O)cc2c2cc([N+](=O)[O-])ccc21. The molecule has 188 valence electrons. The molecule has 0 aliphatic rings. The van der Waals surface area contributed by atoms with Gasteiger partial charge in [-0.1, -0.05) is 38.9 Å². The van der Waals surface area contributed by atoms with Crippen LogP contribution in [0.3, 0.4) is 0 Å². The van der Waals surface area contributed by atoms with Crippen LogP contribution in [0.5, 0.6) is 0 Å². The van der Waals surface area contributed by atoms with Crippen molar-refractivity contribution in [2.45, 2.75) is 67.0 Å². The summed E-state index contributed by atoms with van der Waals surface area (Å²) in [5.41, 5.74) is 3.13. The Bertz CT molecular complexity index is 1260. The van der Waals surface area contributed by atoms with E-state index >= 15 is 0 Å². The Morgan fingerprint density at radius 3 is 2.20 bits per heavy atom. The number of aryl methyl sites for hydroxylation is 1. The Kier molecular flexibility index (Phi) is 8.14. The van der Waals surface area contributed by atoms with Gasteiger partial charge in [-0.25, -0.2) is 0 Å². The predicted octanol–water partition coefficient (Wildman–Crippen LogP) is 6.21. The molecule has 1 N–H and O–H groups in total. The van der Waals surface area contributed by atoms with Crippen molar-refractivity contribution >= 4 is 39.1 Å². The minimum Gasteiger partial charge on any atom is -0.411 e. The van der Waals surface area contributed by atoms with Gasteiger partial charge in [0, 0.05) is 71.5 Å². The van der Waals surface area contributed by atoms with Crippen molar-refractivity contribution in [2.75, 3.05) is 6.54 Å². The molecule has 0 bridgehead atoms. The van der Waals surface area contributed by atoms with Crippen LogP contribution in [-0.2, 0) is 11.3 Å². The van der Waals surface area contributed by atoms with Gasteiger partial charge in [0.2, 0.25) is 5.91 Å². The lowest BCUT2D eigenvalue weighted by Gasteiger charge is -2.31. The van der Waals surface area contributed by atoms with E-state index in [1.165, 1.54) is 6.07 Å². The van der Waals surface area contributed by atoms with E-state index in [0.29, 0.717) is 31.0 Å². The third-order valence-corrected chi connectivity index (χ3v) is 6.32. The van der Waals surface area contributed by atoms with E-state index in [4.69, 9.17) is 0 Å². The fraction of sp³-hybridized carbons (Fsp3) is 0.481. The van der Waals surface area contributed by atoms with Gasteiger partial charge in [-0.15, -0.1) is 0 Å². The molecule has 3 rings (SSSR count). The van der Waals surface area contributed by atoms with Crippen LogP contribution in [0.4, 0.5) is 5.69 Å². The molecular weight excluding hydrogens is 444 g/mol. The van der Waals surface area contributed by atoms with Crippen molar-refractivity contribution in [2.24, 2.45) is 17.0 Å². The Morgan fingerprint density at radius 1 is 1.03 bits per heavy atom. The van der Waals surface area contributed by atoms with Crippen molar-refractivity contribution in [1.82, 2.24) is 9.47 Å². The quantitative estimate of drug-likeness (QED) is 0.161. The smallest absolute Gasteiger partial charge is 0.270 e. The fourth-order valence-corrected chi connectivity index (χ4v) is 4.72. The normalized spacial score (nSPS) is 13.2. The van der Waals surface area contributed by atoms with Crippen LogP contribution < -0.4 is 0 Å². The maximum atomic E-state index is 12.9. The summed E-state index contributed by atoms with van der Waals surface area (Å²) in [7, 11) is 0. The first-order valence-corrected chi connectivity index (χ1v) is 12.3. The van der Waals surface area contributed by atoms with Gasteiger partial charge in [0.05, 0.1) is 10.6 Å². The number of benzene rings is 2. The van der Waals surface area contributed by atoms with Crippen molar-refractivity contribution in [1.29, 1.82) is 0 Å². The van der Waals surface area contributed by atoms with Crippen LogP contribution in [-0.4, -0.2) is 43.8 Å². The van der Waals surface area contributed by atoms with Gasteiger partial charge < -0.3 is 14.7 Å². The maximum Gasteiger partial charge on any atom is 0.270 e. The molecule has 0 saturated heterocycles. The van der Waals surface area contributed by atoms with E-state index in [9.17, 15) is 20.1 Å². The zero-order valence-electron chi connectivity index (χ0n) is 21.5. The number of non-ortho nitro benzene ring substituents is 1.